The Morgan fingerprint density at radius 3 is 2.56 bits per heavy atom. The number of piperidine rings is 1. The van der Waals surface area contributed by atoms with E-state index >= 15 is 0 Å². The standard InChI is InChI=1S/C28H29N5O2S/c1-3-23-26-22(30-33(27(26)35)28-29-21-6-4-5-7-24(21)36-28)16-25(34)32(23)20-12-14-31(15-13-20)17-19-10-8-18(2)9-11-19/h4-11,16,20,30H,3,12-15,17H2,1-2H3/p+1. The molecule has 2 aliphatic rings. The number of fused-ring (bicyclic) bond motifs is 2. The van der Waals surface area contributed by atoms with Crippen LogP contribution in [0.2, 0.25) is 0 Å². The van der Waals surface area contributed by atoms with E-state index in [1.54, 1.807) is 6.07 Å². The maximum absolute atomic E-state index is 13.6. The van der Waals surface area contributed by atoms with Gasteiger partial charge in [-0.15, -0.1) is 5.01 Å². The number of aromatic nitrogens is 2. The highest BCUT2D eigenvalue weighted by Crippen LogP contribution is 2.30. The summed E-state index contributed by atoms with van der Waals surface area (Å²) in [5, 5.41) is 1.15. The highest BCUT2D eigenvalue weighted by Gasteiger charge is 2.41. The molecule has 1 atom stereocenters. The van der Waals surface area contributed by atoms with Crippen LogP contribution in [0.4, 0.5) is 10.8 Å². The molecule has 1 unspecified atom stereocenters. The normalized spacial score (nSPS) is 18.5. The van der Waals surface area contributed by atoms with Crippen molar-refractivity contribution in [1.29, 1.82) is 0 Å². The average molecular weight is 501 g/mol. The number of carbonyl (C=O) groups excluding carboxylic acids is 1. The molecular weight excluding hydrogens is 470 g/mol. The molecule has 1 amide bonds. The number of hydrogen-bond acceptors (Lipinski definition) is 6. The third-order valence-electron chi connectivity index (χ3n) is 7.36. The Morgan fingerprint density at radius 2 is 1.83 bits per heavy atom. The van der Waals surface area contributed by atoms with Gasteiger partial charge in [-0.1, -0.05) is 60.2 Å². The Balaban J connectivity index is 1.25. The maximum atomic E-state index is 13.6. The van der Waals surface area contributed by atoms with E-state index in [2.05, 4.69) is 46.5 Å². The van der Waals surface area contributed by atoms with E-state index in [-0.39, 0.29) is 17.5 Å². The Bertz CT molecular complexity index is 1470. The van der Waals surface area contributed by atoms with Crippen LogP contribution >= 0.6 is 11.3 Å². The van der Waals surface area contributed by atoms with Crippen molar-refractivity contribution in [3.8, 4) is 0 Å². The minimum atomic E-state index is -0.0635. The third-order valence-corrected chi connectivity index (χ3v) is 8.41. The molecule has 4 aromatic rings. The molecule has 2 N–H and O–H groups in total. The summed E-state index contributed by atoms with van der Waals surface area (Å²) in [7, 11) is 0. The van der Waals surface area contributed by atoms with Gasteiger partial charge in [0.25, 0.3) is 5.56 Å². The highest BCUT2D eigenvalue weighted by atomic mass is 32.1. The number of rotatable bonds is 5. The number of quaternary nitrogens is 1. The number of likely N-dealkylation sites (tertiary alicyclic amines) is 1. The van der Waals surface area contributed by atoms with Gasteiger partial charge in [-0.25, -0.2) is 10.2 Å². The number of nitrogens with one attached hydrogen (secondary N) is 2. The lowest BCUT2D eigenvalue weighted by molar-refractivity contribution is -0.709. The highest BCUT2D eigenvalue weighted by molar-refractivity contribution is 7.21. The number of thiazole rings is 1. The number of carbonyl (C=O) groups is 1. The average Bonchev–Trinajstić information content (AvgIpc) is 3.46. The first-order chi connectivity index (χ1) is 17.5. The largest absolute Gasteiger partial charge is 0.379 e. The maximum Gasteiger partial charge on any atom is 0.379 e. The van der Waals surface area contributed by atoms with E-state index in [0.717, 1.165) is 48.4 Å². The summed E-state index contributed by atoms with van der Waals surface area (Å²) in [4.78, 5) is 34.1. The molecule has 0 aliphatic carbocycles. The van der Waals surface area contributed by atoms with Gasteiger partial charge in [0.2, 0.25) is 0 Å². The topological polar surface area (TPSA) is 71.7 Å². The van der Waals surface area contributed by atoms with Crippen LogP contribution < -0.4 is 16.0 Å². The van der Waals surface area contributed by atoms with E-state index in [9.17, 15) is 9.59 Å². The molecule has 2 aromatic heterocycles. The van der Waals surface area contributed by atoms with Crippen molar-refractivity contribution in [2.75, 3.05) is 18.5 Å². The zero-order valence-corrected chi connectivity index (χ0v) is 21.4. The first-order valence-corrected chi connectivity index (χ1v) is 13.4. The Hall–Kier alpha value is -3.33. The van der Waals surface area contributed by atoms with Crippen LogP contribution in [-0.4, -0.2) is 33.4 Å². The fourth-order valence-corrected chi connectivity index (χ4v) is 6.47. The summed E-state index contributed by atoms with van der Waals surface area (Å²) in [6, 6.07) is 18.3. The second-order valence-corrected chi connectivity index (χ2v) is 10.8. The van der Waals surface area contributed by atoms with Crippen molar-refractivity contribution >= 4 is 38.3 Å². The molecule has 6 rings (SSSR count). The van der Waals surface area contributed by atoms with Crippen molar-refractivity contribution in [2.24, 2.45) is 0 Å². The van der Waals surface area contributed by atoms with E-state index in [4.69, 9.17) is 0 Å². The molecule has 2 aromatic carbocycles. The molecule has 184 valence electrons. The predicted octanol–water partition coefficient (Wildman–Crippen LogP) is 3.86. The number of anilines is 1. The molecule has 0 radical (unpaired) electrons. The van der Waals surface area contributed by atoms with Gasteiger partial charge in [0.15, 0.2) is 0 Å². The summed E-state index contributed by atoms with van der Waals surface area (Å²) >= 11 is 1.50. The van der Waals surface area contributed by atoms with E-state index in [1.807, 2.05) is 35.8 Å². The van der Waals surface area contributed by atoms with Crippen molar-refractivity contribution in [3.63, 3.8) is 0 Å². The van der Waals surface area contributed by atoms with Gasteiger partial charge in [-0.3, -0.25) is 9.69 Å². The molecule has 0 saturated carbocycles. The van der Waals surface area contributed by atoms with Gasteiger partial charge < -0.3 is 4.57 Å². The van der Waals surface area contributed by atoms with Crippen molar-refractivity contribution < 1.29 is 9.80 Å². The minimum Gasteiger partial charge on any atom is -0.308 e. The van der Waals surface area contributed by atoms with Gasteiger partial charge in [-0.05, 0) is 43.9 Å². The molecule has 0 bridgehead atoms. The molecule has 0 spiro atoms. The first kappa shape index (κ1) is 23.1. The minimum absolute atomic E-state index is 0.0339. The van der Waals surface area contributed by atoms with Crippen LogP contribution in [0.1, 0.15) is 53.0 Å². The van der Waals surface area contributed by atoms with Crippen LogP contribution in [0.3, 0.4) is 0 Å². The first-order valence-electron chi connectivity index (χ1n) is 12.6. The zero-order valence-electron chi connectivity index (χ0n) is 20.6. The number of amides is 1. The van der Waals surface area contributed by atoms with Crippen molar-refractivity contribution in [2.45, 2.75) is 45.7 Å². The fraction of sp³-hybridized carbons (Fsp3) is 0.321. The van der Waals surface area contributed by atoms with Gasteiger partial charge >= 0.3 is 11.0 Å². The van der Waals surface area contributed by atoms with Crippen molar-refractivity contribution in [1.82, 2.24) is 14.5 Å². The lowest BCUT2D eigenvalue weighted by atomic mass is 10.0. The fourth-order valence-electron chi connectivity index (χ4n) is 5.51. The summed E-state index contributed by atoms with van der Waals surface area (Å²) < 4.78 is 2.95. The number of benzene rings is 2. The number of nitrogens with zero attached hydrogens (tertiary/aromatic N) is 3. The lowest BCUT2D eigenvalue weighted by Crippen LogP contribution is -3.11. The number of pyridine rings is 1. The summed E-state index contributed by atoms with van der Waals surface area (Å²) in [6.45, 7) is 6.92. The number of aryl methyl sites for hydroxylation is 1. The third kappa shape index (κ3) is 4.05. The molecule has 7 nitrogen and oxygen atoms in total. The monoisotopic (exact) mass is 500 g/mol. The molecule has 8 heteroatoms. The zero-order chi connectivity index (χ0) is 24.8. The van der Waals surface area contributed by atoms with E-state index in [1.165, 1.54) is 22.5 Å². The second-order valence-electron chi connectivity index (χ2n) is 9.75. The van der Waals surface area contributed by atoms with Gasteiger partial charge in [0.1, 0.15) is 11.3 Å². The Kier molecular flexibility index (Phi) is 5.95. The number of para-hydroxylation sites is 1. The second kappa shape index (κ2) is 9.28. The van der Waals surface area contributed by atoms with Crippen LogP contribution in [0.5, 0.6) is 0 Å². The summed E-state index contributed by atoms with van der Waals surface area (Å²) in [6.07, 6.45) is 2.42. The SMILES string of the molecule is CCc1c2c(cc(=O)n1C1CCN(Cc3ccc(C)cc3)CC1)N[NH+](c1nc3ccccc3s1)C2=O. The molecular formula is C28H30N5O2S+. The molecule has 36 heavy (non-hydrogen) atoms. The molecule has 1 fully saturated rings. The van der Waals surface area contributed by atoms with Crippen LogP contribution in [0.25, 0.3) is 10.2 Å². The van der Waals surface area contributed by atoms with Crippen LogP contribution in [-0.2, 0) is 13.0 Å². The number of hydrogen-bond donors (Lipinski definition) is 2. The molecule has 1 saturated heterocycles. The lowest BCUT2D eigenvalue weighted by Gasteiger charge is -2.34. The van der Waals surface area contributed by atoms with Gasteiger partial charge in [-0.2, -0.15) is 4.98 Å². The Labute approximate surface area is 214 Å². The van der Waals surface area contributed by atoms with E-state index < -0.39 is 0 Å². The van der Waals surface area contributed by atoms with Crippen LogP contribution in [0.15, 0.2) is 59.4 Å². The van der Waals surface area contributed by atoms with Gasteiger partial charge in [0, 0.05) is 37.4 Å². The Morgan fingerprint density at radius 1 is 1.08 bits per heavy atom. The van der Waals surface area contributed by atoms with Crippen molar-refractivity contribution in [3.05, 3.63) is 87.3 Å². The molecule has 2 aliphatic heterocycles. The van der Waals surface area contributed by atoms with E-state index in [0.29, 0.717) is 27.8 Å². The predicted molar refractivity (Wildman–Crippen MR) is 143 cm³/mol. The van der Waals surface area contributed by atoms with Crippen LogP contribution in [0, 0.1) is 6.92 Å². The molecule has 4 heterocycles. The summed E-state index contributed by atoms with van der Waals surface area (Å²) in [5.41, 5.74) is 8.76. The van der Waals surface area contributed by atoms with Gasteiger partial charge in [0.05, 0.1) is 10.2 Å². The smallest absolute Gasteiger partial charge is 0.308 e. The summed E-state index contributed by atoms with van der Waals surface area (Å²) in [5.74, 6) is -0.0635. The quantitative estimate of drug-likeness (QED) is 0.435.